The monoisotopic (exact) mass is 439 g/mol. The quantitative estimate of drug-likeness (QED) is 0.576. The number of aromatic nitrogens is 4. The number of carbonyl (C=O) groups is 3. The maximum Gasteiger partial charge on any atom is 0.322 e. The Morgan fingerprint density at radius 1 is 1.28 bits per heavy atom. The minimum absolute atomic E-state index is 0.00343. The zero-order valence-corrected chi connectivity index (χ0v) is 18.2. The van der Waals surface area contributed by atoms with Gasteiger partial charge in [0.05, 0.1) is 6.33 Å². The number of nitrogens with one attached hydrogen (secondary N) is 3. The van der Waals surface area contributed by atoms with Gasteiger partial charge in [-0.25, -0.2) is 9.78 Å². The van der Waals surface area contributed by atoms with Crippen LogP contribution in [0.15, 0.2) is 6.33 Å². The van der Waals surface area contributed by atoms with E-state index in [4.69, 9.17) is 0 Å². The van der Waals surface area contributed by atoms with Crippen LogP contribution >= 0.6 is 0 Å². The highest BCUT2D eigenvalue weighted by molar-refractivity contribution is 6.07. The van der Waals surface area contributed by atoms with Crippen LogP contribution in [-0.2, 0) is 16.1 Å². The Morgan fingerprint density at radius 3 is 2.59 bits per heavy atom. The fourth-order valence-corrected chi connectivity index (χ4v) is 3.89. The molecule has 0 aromatic carbocycles. The third-order valence-corrected chi connectivity index (χ3v) is 5.65. The van der Waals surface area contributed by atoms with Gasteiger partial charge in [-0.2, -0.15) is 15.2 Å². The number of piperidine rings is 1. The van der Waals surface area contributed by atoms with Crippen molar-refractivity contribution in [2.45, 2.75) is 45.7 Å². The van der Waals surface area contributed by atoms with E-state index in [1.807, 2.05) is 6.07 Å². The number of amides is 4. The predicted molar refractivity (Wildman–Crippen MR) is 113 cm³/mol. The molecule has 168 valence electrons. The molecule has 0 radical (unpaired) electrons. The van der Waals surface area contributed by atoms with E-state index < -0.39 is 11.6 Å². The van der Waals surface area contributed by atoms with Crippen molar-refractivity contribution in [2.75, 3.05) is 25.0 Å². The summed E-state index contributed by atoms with van der Waals surface area (Å²) < 4.78 is 1.66. The summed E-state index contributed by atoms with van der Waals surface area (Å²) in [6.45, 7) is 7.53. The molecule has 1 spiro atoms. The minimum Gasteiger partial charge on any atom is -0.368 e. The first-order valence-electron chi connectivity index (χ1n) is 10.4. The van der Waals surface area contributed by atoms with Crippen LogP contribution in [-0.4, -0.2) is 67.4 Å². The molecular weight excluding hydrogens is 414 g/mol. The van der Waals surface area contributed by atoms with E-state index in [0.717, 1.165) is 0 Å². The van der Waals surface area contributed by atoms with Gasteiger partial charge in [0.15, 0.2) is 11.5 Å². The molecule has 32 heavy (non-hydrogen) atoms. The number of nitrogens with zero attached hydrogens (tertiary/aromatic N) is 6. The van der Waals surface area contributed by atoms with Gasteiger partial charge in [0, 0.05) is 19.6 Å². The molecule has 3 N–H and O–H groups in total. The van der Waals surface area contributed by atoms with Crippen LogP contribution < -0.4 is 16.0 Å². The van der Waals surface area contributed by atoms with Gasteiger partial charge in [-0.1, -0.05) is 20.8 Å². The summed E-state index contributed by atoms with van der Waals surface area (Å²) in [5.41, 5.74) is -0.0707. The average Bonchev–Trinajstić information content (AvgIpc) is 3.26. The lowest BCUT2D eigenvalue weighted by Crippen LogP contribution is -2.56. The molecule has 2 aromatic rings. The van der Waals surface area contributed by atoms with Crippen LogP contribution in [0.4, 0.5) is 10.6 Å². The zero-order chi connectivity index (χ0) is 23.1. The van der Waals surface area contributed by atoms with E-state index in [1.54, 1.807) is 9.47 Å². The Balaban J connectivity index is 1.52. The molecule has 0 unspecified atom stereocenters. The third kappa shape index (κ3) is 4.05. The fraction of sp³-hybridized carbons (Fsp3) is 0.550. The van der Waals surface area contributed by atoms with Gasteiger partial charge < -0.3 is 20.1 Å². The average molecular weight is 439 g/mol. The molecule has 0 saturated carbocycles. The second kappa shape index (κ2) is 7.74. The number of anilines is 1. The first kappa shape index (κ1) is 21.5. The van der Waals surface area contributed by atoms with Crippen molar-refractivity contribution >= 4 is 34.8 Å². The number of hydrogen-bond acceptors (Lipinski definition) is 8. The fourth-order valence-electron chi connectivity index (χ4n) is 3.89. The standard InChI is InChI=1S/C20H25N9O3/c1-19(2,3)10-22-15-14-16(25-12(8-21)24-15)23-11-29(14)9-13(30)28-6-4-20(5-7-28)17(31)26-18(32)27-20/h11H,4-7,9-10H2,1-3H3,(H,22,24,25)(H2,26,27,31,32). The molecule has 2 aromatic heterocycles. The minimum atomic E-state index is -0.929. The van der Waals surface area contributed by atoms with Crippen molar-refractivity contribution in [3.63, 3.8) is 0 Å². The maximum atomic E-state index is 13.0. The lowest BCUT2D eigenvalue weighted by atomic mass is 9.88. The number of hydrogen-bond donors (Lipinski definition) is 3. The largest absolute Gasteiger partial charge is 0.368 e. The number of imide groups is 1. The van der Waals surface area contributed by atoms with E-state index in [1.165, 1.54) is 6.33 Å². The Kier molecular flexibility index (Phi) is 5.20. The summed E-state index contributed by atoms with van der Waals surface area (Å²) in [4.78, 5) is 51.0. The highest BCUT2D eigenvalue weighted by Gasteiger charge is 2.48. The van der Waals surface area contributed by atoms with E-state index >= 15 is 0 Å². The molecule has 4 heterocycles. The van der Waals surface area contributed by atoms with Crippen molar-refractivity contribution in [3.8, 4) is 6.07 Å². The second-order valence-corrected chi connectivity index (χ2v) is 9.34. The number of imidazole rings is 1. The molecule has 2 aliphatic rings. The Morgan fingerprint density at radius 2 is 2.00 bits per heavy atom. The zero-order valence-electron chi connectivity index (χ0n) is 18.2. The van der Waals surface area contributed by atoms with Crippen LogP contribution in [0.1, 0.15) is 39.4 Å². The SMILES string of the molecule is CC(C)(C)CNc1nc(C#N)nc2ncn(CC(=O)N3CCC4(CC3)NC(=O)NC4=O)c12. The van der Waals surface area contributed by atoms with Gasteiger partial charge in [0.1, 0.15) is 23.7 Å². The first-order valence-corrected chi connectivity index (χ1v) is 10.4. The Hall–Kier alpha value is -3.75. The van der Waals surface area contributed by atoms with Gasteiger partial charge in [0.25, 0.3) is 5.91 Å². The molecule has 2 aliphatic heterocycles. The highest BCUT2D eigenvalue weighted by atomic mass is 16.2. The van der Waals surface area contributed by atoms with Gasteiger partial charge in [-0.3, -0.25) is 14.9 Å². The highest BCUT2D eigenvalue weighted by Crippen LogP contribution is 2.26. The van der Waals surface area contributed by atoms with Crippen molar-refractivity contribution < 1.29 is 14.4 Å². The maximum absolute atomic E-state index is 13.0. The lowest BCUT2D eigenvalue weighted by Gasteiger charge is -2.37. The van der Waals surface area contributed by atoms with E-state index in [2.05, 4.69) is 51.7 Å². The normalized spacial score (nSPS) is 17.9. The molecule has 12 nitrogen and oxygen atoms in total. The summed E-state index contributed by atoms with van der Waals surface area (Å²) in [5, 5.41) is 17.4. The molecule has 0 aliphatic carbocycles. The van der Waals surface area contributed by atoms with Crippen molar-refractivity contribution in [2.24, 2.45) is 5.41 Å². The number of likely N-dealkylation sites (tertiary alicyclic amines) is 1. The van der Waals surface area contributed by atoms with Crippen LogP contribution in [0.2, 0.25) is 0 Å². The van der Waals surface area contributed by atoms with Crippen molar-refractivity contribution in [1.82, 2.24) is 35.1 Å². The smallest absolute Gasteiger partial charge is 0.322 e. The van der Waals surface area contributed by atoms with E-state index in [9.17, 15) is 19.6 Å². The molecular formula is C20H25N9O3. The molecule has 12 heteroatoms. The third-order valence-electron chi connectivity index (χ3n) is 5.65. The van der Waals surface area contributed by atoms with Crippen molar-refractivity contribution in [1.29, 1.82) is 5.26 Å². The van der Waals surface area contributed by atoms with Crippen molar-refractivity contribution in [3.05, 3.63) is 12.2 Å². The van der Waals surface area contributed by atoms with Crippen LogP contribution in [0.3, 0.4) is 0 Å². The predicted octanol–water partition coefficient (Wildman–Crippen LogP) is 0.357. The van der Waals surface area contributed by atoms with E-state index in [-0.39, 0.29) is 29.6 Å². The molecule has 4 rings (SSSR count). The Bertz CT molecular complexity index is 1130. The summed E-state index contributed by atoms with van der Waals surface area (Å²) in [6.07, 6.45) is 2.22. The van der Waals surface area contributed by atoms with Crippen LogP contribution in [0, 0.1) is 16.7 Å². The van der Waals surface area contributed by atoms with Gasteiger partial charge in [0.2, 0.25) is 11.7 Å². The number of rotatable bonds is 4. The van der Waals surface area contributed by atoms with Crippen LogP contribution in [0.5, 0.6) is 0 Å². The summed E-state index contributed by atoms with van der Waals surface area (Å²) in [5.74, 6) is -0.0244. The number of carbonyl (C=O) groups excluding carboxylic acids is 3. The first-order chi connectivity index (χ1) is 15.1. The topological polar surface area (TPSA) is 158 Å². The molecule has 2 fully saturated rings. The van der Waals surface area contributed by atoms with Gasteiger partial charge >= 0.3 is 6.03 Å². The number of urea groups is 1. The lowest BCUT2D eigenvalue weighted by molar-refractivity contribution is -0.136. The van der Waals surface area contributed by atoms with E-state index in [0.29, 0.717) is 49.5 Å². The summed E-state index contributed by atoms with van der Waals surface area (Å²) in [7, 11) is 0. The Labute approximate surface area is 184 Å². The van der Waals surface area contributed by atoms with Crippen LogP contribution in [0.25, 0.3) is 11.2 Å². The summed E-state index contributed by atoms with van der Waals surface area (Å²) >= 11 is 0. The number of fused-ring (bicyclic) bond motifs is 1. The van der Waals surface area contributed by atoms with Gasteiger partial charge in [-0.05, 0) is 18.3 Å². The number of nitriles is 1. The molecule has 0 atom stereocenters. The molecule has 2 saturated heterocycles. The second-order valence-electron chi connectivity index (χ2n) is 9.34. The molecule has 4 amide bonds. The molecule has 0 bridgehead atoms. The van der Waals surface area contributed by atoms with Gasteiger partial charge in [-0.15, -0.1) is 0 Å². The summed E-state index contributed by atoms with van der Waals surface area (Å²) in [6, 6.07) is 1.45.